The molecule has 2 aromatic heterocycles. The van der Waals surface area contributed by atoms with Crippen molar-refractivity contribution < 1.29 is 9.84 Å². The van der Waals surface area contributed by atoms with Gasteiger partial charge in [-0.05, 0) is 38.3 Å². The van der Waals surface area contributed by atoms with Crippen LogP contribution in [-0.2, 0) is 17.7 Å². The quantitative estimate of drug-likeness (QED) is 0.598. The van der Waals surface area contributed by atoms with E-state index in [1.54, 1.807) is 0 Å². The summed E-state index contributed by atoms with van der Waals surface area (Å²) in [5, 5.41) is 14.2. The van der Waals surface area contributed by atoms with Gasteiger partial charge in [0.15, 0.2) is 0 Å². The van der Waals surface area contributed by atoms with Crippen LogP contribution in [0, 0.1) is 0 Å². The topological polar surface area (TPSA) is 72.2 Å². The Morgan fingerprint density at radius 2 is 2.00 bits per heavy atom. The number of rotatable bonds is 8. The Kier molecular flexibility index (Phi) is 5.97. The standard InChI is InChI=1S/C21H28N4O2/c26-12-7-20-24-19-15-23-18-6-2-1-5-17(18)21(19)25(20)11-4-3-10-22-16-8-13-27-14-9-16/h1-2,5-6,15-16,22,26H,3-4,7-14H2. The lowest BCUT2D eigenvalue weighted by atomic mass is 10.1. The monoisotopic (exact) mass is 368 g/mol. The smallest absolute Gasteiger partial charge is 0.112 e. The molecular weight excluding hydrogens is 340 g/mol. The van der Waals surface area contributed by atoms with Gasteiger partial charge in [-0.1, -0.05) is 18.2 Å². The van der Waals surface area contributed by atoms with E-state index in [0.29, 0.717) is 12.5 Å². The molecule has 1 aliphatic heterocycles. The first-order chi connectivity index (χ1) is 13.4. The van der Waals surface area contributed by atoms with Crippen LogP contribution >= 0.6 is 0 Å². The van der Waals surface area contributed by atoms with Gasteiger partial charge in [-0.2, -0.15) is 0 Å². The van der Waals surface area contributed by atoms with Crippen LogP contribution in [0.15, 0.2) is 30.5 Å². The first-order valence-electron chi connectivity index (χ1n) is 10.0. The van der Waals surface area contributed by atoms with Crippen molar-refractivity contribution in [2.75, 3.05) is 26.4 Å². The fourth-order valence-electron chi connectivity index (χ4n) is 3.94. The highest BCUT2D eigenvalue weighted by Gasteiger charge is 2.15. The fourth-order valence-corrected chi connectivity index (χ4v) is 3.94. The second-order valence-corrected chi connectivity index (χ2v) is 7.21. The van der Waals surface area contributed by atoms with Crippen LogP contribution in [-0.4, -0.2) is 52.0 Å². The zero-order valence-corrected chi connectivity index (χ0v) is 15.7. The molecule has 3 aromatic rings. The second kappa shape index (κ2) is 8.78. The summed E-state index contributed by atoms with van der Waals surface area (Å²) in [6.45, 7) is 3.82. The highest BCUT2D eigenvalue weighted by molar-refractivity contribution is 6.02. The maximum atomic E-state index is 9.45. The molecule has 1 fully saturated rings. The molecule has 0 radical (unpaired) electrons. The van der Waals surface area contributed by atoms with Crippen molar-refractivity contribution >= 4 is 21.9 Å². The Morgan fingerprint density at radius 3 is 2.85 bits per heavy atom. The number of hydrogen-bond acceptors (Lipinski definition) is 5. The third kappa shape index (κ3) is 4.13. The van der Waals surface area contributed by atoms with Crippen molar-refractivity contribution in [1.29, 1.82) is 0 Å². The molecule has 6 nitrogen and oxygen atoms in total. The van der Waals surface area contributed by atoms with Gasteiger partial charge >= 0.3 is 0 Å². The van der Waals surface area contributed by atoms with E-state index in [-0.39, 0.29) is 6.61 Å². The molecule has 1 aliphatic rings. The van der Waals surface area contributed by atoms with Gasteiger partial charge in [0.05, 0.1) is 23.8 Å². The number of pyridine rings is 1. The third-order valence-corrected chi connectivity index (χ3v) is 5.36. The number of imidazole rings is 1. The molecule has 1 saturated heterocycles. The summed E-state index contributed by atoms with van der Waals surface area (Å²) in [7, 11) is 0. The molecular formula is C21H28N4O2. The molecule has 1 aromatic carbocycles. The maximum Gasteiger partial charge on any atom is 0.112 e. The minimum Gasteiger partial charge on any atom is -0.396 e. The normalized spacial score (nSPS) is 15.7. The molecule has 0 amide bonds. The predicted molar refractivity (Wildman–Crippen MR) is 107 cm³/mol. The minimum atomic E-state index is 0.111. The van der Waals surface area contributed by atoms with Crippen LogP contribution in [0.2, 0.25) is 0 Å². The highest BCUT2D eigenvalue weighted by Crippen LogP contribution is 2.25. The molecule has 144 valence electrons. The van der Waals surface area contributed by atoms with Crippen LogP contribution in [0.25, 0.3) is 21.9 Å². The third-order valence-electron chi connectivity index (χ3n) is 5.36. The van der Waals surface area contributed by atoms with E-state index in [9.17, 15) is 5.11 Å². The number of hydrogen-bond donors (Lipinski definition) is 2. The van der Waals surface area contributed by atoms with E-state index in [1.807, 2.05) is 24.4 Å². The Labute approximate surface area is 159 Å². The number of unbranched alkanes of at least 4 members (excludes halogenated alkanes) is 1. The zero-order valence-electron chi connectivity index (χ0n) is 15.7. The number of benzene rings is 1. The lowest BCUT2D eigenvalue weighted by Gasteiger charge is -2.23. The number of aliphatic hydroxyl groups is 1. The van der Waals surface area contributed by atoms with Gasteiger partial charge in [-0.3, -0.25) is 4.98 Å². The highest BCUT2D eigenvalue weighted by atomic mass is 16.5. The minimum absolute atomic E-state index is 0.111. The van der Waals surface area contributed by atoms with E-state index in [2.05, 4.69) is 20.9 Å². The van der Waals surface area contributed by atoms with Gasteiger partial charge in [-0.15, -0.1) is 0 Å². The van der Waals surface area contributed by atoms with Gasteiger partial charge in [0, 0.05) is 37.6 Å². The largest absolute Gasteiger partial charge is 0.396 e. The average molecular weight is 368 g/mol. The molecule has 0 unspecified atom stereocenters. The Bertz CT molecular complexity index is 886. The second-order valence-electron chi connectivity index (χ2n) is 7.21. The number of aryl methyl sites for hydroxylation is 1. The molecule has 4 rings (SSSR count). The lowest BCUT2D eigenvalue weighted by molar-refractivity contribution is 0.0780. The number of aromatic nitrogens is 3. The molecule has 0 saturated carbocycles. The van der Waals surface area contributed by atoms with E-state index in [1.165, 1.54) is 0 Å². The predicted octanol–water partition coefficient (Wildman–Crippen LogP) is 2.67. The number of fused-ring (bicyclic) bond motifs is 3. The fraction of sp³-hybridized carbons (Fsp3) is 0.524. The van der Waals surface area contributed by atoms with Crippen molar-refractivity contribution in [3.8, 4) is 0 Å². The molecule has 0 atom stereocenters. The van der Waals surface area contributed by atoms with Crippen molar-refractivity contribution in [3.05, 3.63) is 36.3 Å². The molecule has 3 heterocycles. The zero-order chi connectivity index (χ0) is 18.5. The van der Waals surface area contributed by atoms with Crippen LogP contribution in [0.5, 0.6) is 0 Å². The molecule has 0 aliphatic carbocycles. The first-order valence-corrected chi connectivity index (χ1v) is 10.0. The number of para-hydroxylation sites is 1. The number of ether oxygens (including phenoxy) is 1. The summed E-state index contributed by atoms with van der Waals surface area (Å²) in [4.78, 5) is 9.26. The molecule has 27 heavy (non-hydrogen) atoms. The summed E-state index contributed by atoms with van der Waals surface area (Å²) < 4.78 is 7.69. The number of nitrogens with zero attached hydrogens (tertiary/aromatic N) is 3. The van der Waals surface area contributed by atoms with Crippen LogP contribution in [0.3, 0.4) is 0 Å². The van der Waals surface area contributed by atoms with Crippen LogP contribution < -0.4 is 5.32 Å². The van der Waals surface area contributed by atoms with E-state index < -0.39 is 0 Å². The Balaban J connectivity index is 1.47. The lowest BCUT2D eigenvalue weighted by Crippen LogP contribution is -2.35. The van der Waals surface area contributed by atoms with Crippen LogP contribution in [0.1, 0.15) is 31.5 Å². The van der Waals surface area contributed by atoms with Gasteiger partial charge in [-0.25, -0.2) is 4.98 Å². The molecule has 0 spiro atoms. The Morgan fingerprint density at radius 1 is 1.15 bits per heavy atom. The summed E-state index contributed by atoms with van der Waals surface area (Å²) in [6, 6.07) is 8.81. The number of aliphatic hydroxyl groups excluding tert-OH is 1. The van der Waals surface area contributed by atoms with Gasteiger partial charge in [0.1, 0.15) is 11.3 Å². The van der Waals surface area contributed by atoms with Crippen molar-refractivity contribution in [2.24, 2.45) is 0 Å². The SMILES string of the molecule is OCCc1nc2cnc3ccccc3c2n1CCCCNC1CCOCC1. The summed E-state index contributed by atoms with van der Waals surface area (Å²) in [6.07, 6.45) is 6.86. The molecule has 6 heteroatoms. The van der Waals surface area contributed by atoms with E-state index in [0.717, 1.165) is 79.7 Å². The van der Waals surface area contributed by atoms with Crippen LogP contribution in [0.4, 0.5) is 0 Å². The van der Waals surface area contributed by atoms with E-state index >= 15 is 0 Å². The summed E-state index contributed by atoms with van der Waals surface area (Å²) in [5.41, 5.74) is 3.04. The van der Waals surface area contributed by atoms with Gasteiger partial charge < -0.3 is 19.7 Å². The van der Waals surface area contributed by atoms with E-state index in [4.69, 9.17) is 9.72 Å². The Hall–Kier alpha value is -2.02. The summed E-state index contributed by atoms with van der Waals surface area (Å²) >= 11 is 0. The first kappa shape index (κ1) is 18.3. The van der Waals surface area contributed by atoms with Crippen molar-refractivity contribution in [2.45, 2.75) is 44.7 Å². The van der Waals surface area contributed by atoms with Crippen molar-refractivity contribution in [3.63, 3.8) is 0 Å². The molecule has 0 bridgehead atoms. The molecule has 2 N–H and O–H groups in total. The average Bonchev–Trinajstić information content (AvgIpc) is 3.06. The summed E-state index contributed by atoms with van der Waals surface area (Å²) in [5.74, 6) is 0.947. The maximum absolute atomic E-state index is 9.45. The van der Waals surface area contributed by atoms with Gasteiger partial charge in [0.2, 0.25) is 0 Å². The van der Waals surface area contributed by atoms with Gasteiger partial charge in [0.25, 0.3) is 0 Å². The van der Waals surface area contributed by atoms with Crippen molar-refractivity contribution in [1.82, 2.24) is 19.9 Å². The number of nitrogens with one attached hydrogen (secondary N) is 1.